The predicted octanol–water partition coefficient (Wildman–Crippen LogP) is 1.07. The molecule has 2 aliphatic rings. The largest absolute Gasteiger partial charge is 0.384 e. The molecule has 0 aromatic carbocycles. The summed E-state index contributed by atoms with van der Waals surface area (Å²) < 4.78 is 34.6. The molecule has 1 amide bonds. The van der Waals surface area contributed by atoms with Crippen LogP contribution in [-0.4, -0.2) is 70.0 Å². The molecular weight excluding hydrogens is 342 g/mol. The standard InChI is InChI=1S/C17H33N3O4S/c1-14(2)17(21)19-9-6-15(7-10-19)11-18-25(22,23)20-8-4-5-16(12-20)13-24-3/h14-16,18H,4-13H2,1-3H3. The second kappa shape index (κ2) is 9.30. The van der Waals surface area contributed by atoms with Crippen molar-refractivity contribution in [3.63, 3.8) is 0 Å². The van der Waals surface area contributed by atoms with Gasteiger partial charge >= 0.3 is 0 Å². The number of hydrogen-bond donors (Lipinski definition) is 1. The van der Waals surface area contributed by atoms with Crippen LogP contribution in [0.1, 0.15) is 39.5 Å². The summed E-state index contributed by atoms with van der Waals surface area (Å²) in [4.78, 5) is 13.9. The number of rotatable bonds is 7. The third-order valence-corrected chi connectivity index (χ3v) is 6.74. The first-order valence-electron chi connectivity index (χ1n) is 9.36. The van der Waals surface area contributed by atoms with Crippen LogP contribution in [0.2, 0.25) is 0 Å². The molecule has 8 heteroatoms. The van der Waals surface area contributed by atoms with E-state index < -0.39 is 10.2 Å². The molecule has 2 aliphatic heterocycles. The Bertz CT molecular complexity index is 528. The molecule has 0 aromatic heterocycles. The maximum absolute atomic E-state index is 12.5. The van der Waals surface area contributed by atoms with Gasteiger partial charge in [-0.2, -0.15) is 12.7 Å². The van der Waals surface area contributed by atoms with Crippen molar-refractivity contribution in [2.24, 2.45) is 17.8 Å². The smallest absolute Gasteiger partial charge is 0.279 e. The SMILES string of the molecule is COCC1CCCN(S(=O)(=O)NCC2CCN(C(=O)C(C)C)CC2)C1. The minimum Gasteiger partial charge on any atom is -0.384 e. The summed E-state index contributed by atoms with van der Waals surface area (Å²) in [5.74, 6) is 0.789. The average molecular weight is 376 g/mol. The van der Waals surface area contributed by atoms with E-state index in [0.717, 1.165) is 38.8 Å². The Morgan fingerprint density at radius 3 is 2.44 bits per heavy atom. The number of nitrogens with zero attached hydrogens (tertiary/aromatic N) is 2. The molecule has 0 aliphatic carbocycles. The van der Waals surface area contributed by atoms with E-state index in [-0.39, 0.29) is 17.7 Å². The number of nitrogens with one attached hydrogen (secondary N) is 1. The third kappa shape index (κ3) is 5.91. The number of carbonyl (C=O) groups excluding carboxylic acids is 1. The van der Waals surface area contributed by atoms with E-state index in [2.05, 4.69) is 4.72 Å². The van der Waals surface area contributed by atoms with Gasteiger partial charge in [0.2, 0.25) is 5.91 Å². The Labute approximate surface area is 152 Å². The Morgan fingerprint density at radius 2 is 1.84 bits per heavy atom. The number of carbonyl (C=O) groups is 1. The molecule has 1 atom stereocenters. The van der Waals surface area contributed by atoms with E-state index >= 15 is 0 Å². The topological polar surface area (TPSA) is 79.0 Å². The van der Waals surface area contributed by atoms with Gasteiger partial charge in [-0.1, -0.05) is 13.8 Å². The first-order chi connectivity index (χ1) is 11.8. The van der Waals surface area contributed by atoms with E-state index in [1.54, 1.807) is 11.4 Å². The average Bonchev–Trinajstić information content (AvgIpc) is 2.60. The maximum Gasteiger partial charge on any atom is 0.279 e. The molecular formula is C17H33N3O4S. The molecule has 7 nitrogen and oxygen atoms in total. The van der Waals surface area contributed by atoms with Crippen LogP contribution in [0, 0.1) is 17.8 Å². The van der Waals surface area contributed by atoms with Crippen LogP contribution in [0.25, 0.3) is 0 Å². The monoisotopic (exact) mass is 375 g/mol. The molecule has 0 spiro atoms. The zero-order valence-electron chi connectivity index (χ0n) is 15.7. The Kier molecular flexibility index (Phi) is 7.67. The predicted molar refractivity (Wildman–Crippen MR) is 97.2 cm³/mol. The Balaban J connectivity index is 1.78. The van der Waals surface area contributed by atoms with Crippen molar-refractivity contribution >= 4 is 16.1 Å². The van der Waals surface area contributed by atoms with Crippen LogP contribution >= 0.6 is 0 Å². The fourth-order valence-corrected chi connectivity index (χ4v) is 5.06. The van der Waals surface area contributed by atoms with Gasteiger partial charge in [0.1, 0.15) is 0 Å². The van der Waals surface area contributed by atoms with Crippen molar-refractivity contribution in [2.45, 2.75) is 39.5 Å². The number of likely N-dealkylation sites (tertiary alicyclic amines) is 1. The van der Waals surface area contributed by atoms with Crippen LogP contribution < -0.4 is 4.72 Å². The van der Waals surface area contributed by atoms with Gasteiger partial charge in [0.25, 0.3) is 10.2 Å². The molecule has 25 heavy (non-hydrogen) atoms. The van der Waals surface area contributed by atoms with Gasteiger partial charge in [0.15, 0.2) is 0 Å². The van der Waals surface area contributed by atoms with Crippen LogP contribution in [0.4, 0.5) is 0 Å². The van der Waals surface area contributed by atoms with Gasteiger partial charge in [0.05, 0.1) is 6.61 Å². The highest BCUT2D eigenvalue weighted by Gasteiger charge is 2.30. The van der Waals surface area contributed by atoms with Gasteiger partial charge in [-0.3, -0.25) is 4.79 Å². The summed E-state index contributed by atoms with van der Waals surface area (Å²) in [7, 11) is -1.78. The summed E-state index contributed by atoms with van der Waals surface area (Å²) in [5.41, 5.74) is 0. The van der Waals surface area contributed by atoms with E-state index in [1.165, 1.54) is 0 Å². The van der Waals surface area contributed by atoms with E-state index in [4.69, 9.17) is 4.74 Å². The van der Waals surface area contributed by atoms with Gasteiger partial charge in [0, 0.05) is 45.8 Å². The minimum atomic E-state index is -3.43. The van der Waals surface area contributed by atoms with Crippen molar-refractivity contribution in [3.8, 4) is 0 Å². The van der Waals surface area contributed by atoms with Crippen molar-refractivity contribution in [1.29, 1.82) is 0 Å². The van der Waals surface area contributed by atoms with Crippen LogP contribution in [0.5, 0.6) is 0 Å². The summed E-state index contributed by atoms with van der Waals surface area (Å²) in [6.45, 7) is 7.45. The summed E-state index contributed by atoms with van der Waals surface area (Å²) in [6, 6.07) is 0. The lowest BCUT2D eigenvalue weighted by Crippen LogP contribution is -2.49. The molecule has 1 unspecified atom stereocenters. The first-order valence-corrected chi connectivity index (χ1v) is 10.8. The molecule has 0 saturated carbocycles. The highest BCUT2D eigenvalue weighted by molar-refractivity contribution is 7.87. The number of amides is 1. The van der Waals surface area contributed by atoms with Crippen LogP contribution in [-0.2, 0) is 19.7 Å². The second-order valence-corrected chi connectivity index (χ2v) is 9.35. The molecule has 0 bridgehead atoms. The van der Waals surface area contributed by atoms with E-state index in [9.17, 15) is 13.2 Å². The van der Waals surface area contributed by atoms with Gasteiger partial charge < -0.3 is 9.64 Å². The van der Waals surface area contributed by atoms with Crippen molar-refractivity contribution < 1.29 is 17.9 Å². The second-order valence-electron chi connectivity index (χ2n) is 7.60. The van der Waals surface area contributed by atoms with Crippen molar-refractivity contribution in [1.82, 2.24) is 13.9 Å². The molecule has 1 N–H and O–H groups in total. The molecule has 2 rings (SSSR count). The lowest BCUT2D eigenvalue weighted by atomic mass is 9.96. The van der Waals surface area contributed by atoms with Crippen molar-refractivity contribution in [3.05, 3.63) is 0 Å². The molecule has 2 saturated heterocycles. The minimum absolute atomic E-state index is 0.0224. The quantitative estimate of drug-likeness (QED) is 0.722. The van der Waals surface area contributed by atoms with E-state index in [1.807, 2.05) is 18.7 Å². The van der Waals surface area contributed by atoms with Crippen molar-refractivity contribution in [2.75, 3.05) is 46.4 Å². The number of ether oxygens (including phenoxy) is 1. The highest BCUT2D eigenvalue weighted by atomic mass is 32.2. The summed E-state index contributed by atoms with van der Waals surface area (Å²) in [5, 5.41) is 0. The maximum atomic E-state index is 12.5. The molecule has 2 fully saturated rings. The molecule has 2 heterocycles. The zero-order chi connectivity index (χ0) is 18.4. The Hall–Kier alpha value is -0.700. The van der Waals surface area contributed by atoms with Gasteiger partial charge in [-0.25, -0.2) is 4.72 Å². The normalized spacial score (nSPS) is 24.0. The van der Waals surface area contributed by atoms with Gasteiger partial charge in [-0.15, -0.1) is 0 Å². The zero-order valence-corrected chi connectivity index (χ0v) is 16.6. The lowest BCUT2D eigenvalue weighted by molar-refractivity contribution is -0.135. The van der Waals surface area contributed by atoms with Crippen LogP contribution in [0.15, 0.2) is 0 Å². The third-order valence-electron chi connectivity index (χ3n) is 5.20. The number of hydrogen-bond acceptors (Lipinski definition) is 4. The van der Waals surface area contributed by atoms with Gasteiger partial charge in [-0.05, 0) is 37.5 Å². The number of piperidine rings is 2. The van der Waals surface area contributed by atoms with E-state index in [0.29, 0.717) is 32.2 Å². The summed E-state index contributed by atoms with van der Waals surface area (Å²) >= 11 is 0. The first kappa shape index (κ1) is 20.6. The summed E-state index contributed by atoms with van der Waals surface area (Å²) in [6.07, 6.45) is 3.60. The number of methoxy groups -OCH3 is 1. The molecule has 0 aromatic rings. The fraction of sp³-hybridized carbons (Fsp3) is 0.941. The fourth-order valence-electron chi connectivity index (χ4n) is 3.65. The highest BCUT2D eigenvalue weighted by Crippen LogP contribution is 2.21. The molecule has 146 valence electrons. The Morgan fingerprint density at radius 1 is 1.16 bits per heavy atom. The lowest BCUT2D eigenvalue weighted by Gasteiger charge is -2.34. The molecule has 0 radical (unpaired) electrons. The van der Waals surface area contributed by atoms with Crippen LogP contribution in [0.3, 0.4) is 0 Å².